The number of rotatable bonds is 75. The molecule has 3 N–H and O–H groups in total. The molecule has 0 rings (SSSR count). The van der Waals surface area contributed by atoms with Gasteiger partial charge in [-0.3, -0.25) is 37.3 Å². The average Bonchev–Trinajstić information content (AvgIpc) is 2.29. The zero-order chi connectivity index (χ0) is 69.1. The maximum atomic E-state index is 13.1. The molecule has 0 aromatic rings. The Kier molecular flexibility index (Phi) is 66.8. The Morgan fingerprint density at radius 3 is 0.723 bits per heavy atom. The van der Waals surface area contributed by atoms with Gasteiger partial charge in [-0.05, 0) is 31.6 Å². The summed E-state index contributed by atoms with van der Waals surface area (Å²) in [6.45, 7) is 7.30. The lowest BCUT2D eigenvalue weighted by molar-refractivity contribution is -0.161. The van der Waals surface area contributed by atoms with E-state index in [1.54, 1.807) is 0 Å². The van der Waals surface area contributed by atoms with E-state index in [9.17, 15) is 43.2 Å². The van der Waals surface area contributed by atoms with E-state index in [0.29, 0.717) is 25.7 Å². The highest BCUT2D eigenvalue weighted by atomic mass is 31.2. The van der Waals surface area contributed by atoms with Gasteiger partial charge in [-0.25, -0.2) is 9.13 Å². The molecule has 0 aliphatic heterocycles. The number of esters is 4. The molecule has 0 spiro atoms. The molecule has 19 heteroatoms. The van der Waals surface area contributed by atoms with E-state index in [0.717, 1.165) is 95.8 Å². The standard InChI is InChI=1S/C75H146O17P2/c1-6-9-12-15-18-21-24-26-27-28-29-36-41-46-51-56-61-75(80)92-71(65-86-73(78)59-54-49-44-39-35-31-30-33-37-42-47-52-57-68(4)5)67-90-94(83,84)88-63-69(76)62-87-93(81,82)89-66-70(64-85-72(77)58-53-48-43-38-32-23-20-17-14-11-8-3)91-74(79)60-55-50-45-40-34-25-22-19-16-13-10-7-2/h68-71,76H,6-67H2,1-5H3,(H,81,82)(H,83,84)/t69-,70+,71+/m0/s1. The van der Waals surface area contributed by atoms with Crippen LogP contribution in [0.5, 0.6) is 0 Å². The fourth-order valence-corrected chi connectivity index (χ4v) is 13.1. The van der Waals surface area contributed by atoms with E-state index in [1.807, 2.05) is 0 Å². The third kappa shape index (κ3) is 68.6. The Bertz CT molecular complexity index is 1810. The van der Waals surface area contributed by atoms with Crippen LogP contribution >= 0.6 is 15.6 Å². The maximum Gasteiger partial charge on any atom is 0.472 e. The lowest BCUT2D eigenvalue weighted by Crippen LogP contribution is -2.30. The third-order valence-electron chi connectivity index (χ3n) is 17.5. The topological polar surface area (TPSA) is 237 Å². The first-order chi connectivity index (χ1) is 45.5. The van der Waals surface area contributed by atoms with Crippen molar-refractivity contribution in [3.8, 4) is 0 Å². The van der Waals surface area contributed by atoms with Crippen molar-refractivity contribution >= 4 is 39.5 Å². The molecule has 17 nitrogen and oxygen atoms in total. The van der Waals surface area contributed by atoms with Crippen LogP contribution < -0.4 is 0 Å². The number of aliphatic hydroxyl groups excluding tert-OH is 1. The van der Waals surface area contributed by atoms with Crippen LogP contribution in [-0.4, -0.2) is 96.7 Å². The first-order valence-electron chi connectivity index (χ1n) is 39.1. The highest BCUT2D eigenvalue weighted by Crippen LogP contribution is 2.45. The first-order valence-corrected chi connectivity index (χ1v) is 42.1. The van der Waals surface area contributed by atoms with Crippen LogP contribution in [0.3, 0.4) is 0 Å². The first kappa shape index (κ1) is 92.1. The smallest absolute Gasteiger partial charge is 0.462 e. The molecule has 0 saturated heterocycles. The summed E-state index contributed by atoms with van der Waals surface area (Å²) in [6, 6.07) is 0. The van der Waals surface area contributed by atoms with Gasteiger partial charge >= 0.3 is 39.5 Å². The molecular weight excluding hydrogens is 1230 g/mol. The largest absolute Gasteiger partial charge is 0.472 e. The van der Waals surface area contributed by atoms with E-state index in [4.69, 9.17) is 37.0 Å². The minimum atomic E-state index is -4.96. The fraction of sp³-hybridized carbons (Fsp3) is 0.947. The SMILES string of the molecule is CCCCCCCCCCCCCCCCCCC(=O)O[C@H](COC(=O)CCCCCCCCCCCCCCC(C)C)COP(=O)(O)OC[C@@H](O)COP(=O)(O)OC[C@@H](COC(=O)CCCCCCCCCCCCC)OC(=O)CCCCCCCCCCCCCC. The number of carbonyl (C=O) groups is 4. The molecule has 0 saturated carbocycles. The molecular formula is C75H146O17P2. The summed E-state index contributed by atoms with van der Waals surface area (Å²) in [5.74, 6) is -1.33. The number of hydrogen-bond donors (Lipinski definition) is 3. The second kappa shape index (κ2) is 68.2. The zero-order valence-corrected chi connectivity index (χ0v) is 62.9. The number of carbonyl (C=O) groups excluding carboxylic acids is 4. The number of phosphoric ester groups is 2. The molecule has 0 aliphatic rings. The molecule has 94 heavy (non-hydrogen) atoms. The molecule has 0 bridgehead atoms. The summed E-state index contributed by atoms with van der Waals surface area (Å²) in [6.07, 6.45) is 56.7. The van der Waals surface area contributed by atoms with Crippen molar-refractivity contribution < 1.29 is 80.2 Å². The number of unbranched alkanes of at least 4 members (excludes halogenated alkanes) is 47. The Morgan fingerprint density at radius 2 is 0.489 bits per heavy atom. The average molecular weight is 1380 g/mol. The van der Waals surface area contributed by atoms with Gasteiger partial charge in [0.1, 0.15) is 19.3 Å². The summed E-state index contributed by atoms with van der Waals surface area (Å²) >= 11 is 0. The number of phosphoric acid groups is 2. The number of hydrogen-bond acceptors (Lipinski definition) is 15. The van der Waals surface area contributed by atoms with Crippen molar-refractivity contribution in [2.24, 2.45) is 5.92 Å². The van der Waals surface area contributed by atoms with Crippen LogP contribution in [-0.2, 0) is 65.4 Å². The highest BCUT2D eigenvalue weighted by Gasteiger charge is 2.30. The zero-order valence-electron chi connectivity index (χ0n) is 61.1. The molecule has 0 amide bonds. The molecule has 558 valence electrons. The van der Waals surface area contributed by atoms with Gasteiger partial charge in [0.05, 0.1) is 26.4 Å². The summed E-state index contributed by atoms with van der Waals surface area (Å²) in [4.78, 5) is 72.8. The molecule has 0 fully saturated rings. The Labute approximate surface area is 575 Å². The van der Waals surface area contributed by atoms with Crippen molar-refractivity contribution in [2.75, 3.05) is 39.6 Å². The van der Waals surface area contributed by atoms with E-state index >= 15 is 0 Å². The fourth-order valence-electron chi connectivity index (χ4n) is 11.5. The van der Waals surface area contributed by atoms with Crippen LogP contribution in [0.2, 0.25) is 0 Å². The second-order valence-corrected chi connectivity index (χ2v) is 30.4. The molecule has 0 aromatic heterocycles. The second-order valence-electron chi connectivity index (χ2n) is 27.5. The Hall–Kier alpha value is -1.94. The van der Waals surface area contributed by atoms with E-state index < -0.39 is 97.5 Å². The minimum absolute atomic E-state index is 0.108. The normalized spacial score (nSPS) is 14.0. The summed E-state index contributed by atoms with van der Waals surface area (Å²) < 4.78 is 68.5. The van der Waals surface area contributed by atoms with Crippen LogP contribution in [0.15, 0.2) is 0 Å². The van der Waals surface area contributed by atoms with Gasteiger partial charge in [0.25, 0.3) is 0 Å². The van der Waals surface area contributed by atoms with Crippen LogP contribution in [0, 0.1) is 5.92 Å². The molecule has 0 radical (unpaired) electrons. The van der Waals surface area contributed by atoms with E-state index in [1.165, 1.54) is 218 Å². The van der Waals surface area contributed by atoms with E-state index in [2.05, 4.69) is 34.6 Å². The monoisotopic (exact) mass is 1380 g/mol. The summed E-state index contributed by atoms with van der Waals surface area (Å²) in [5, 5.41) is 10.6. The lowest BCUT2D eigenvalue weighted by Gasteiger charge is -2.21. The van der Waals surface area contributed by atoms with Gasteiger partial charge in [-0.1, -0.05) is 343 Å². The molecule has 2 unspecified atom stereocenters. The Balaban J connectivity index is 5.25. The number of aliphatic hydroxyl groups is 1. The quantitative estimate of drug-likeness (QED) is 0.0222. The van der Waals surface area contributed by atoms with Crippen LogP contribution in [0.4, 0.5) is 0 Å². The van der Waals surface area contributed by atoms with Crippen molar-refractivity contribution in [1.29, 1.82) is 0 Å². The van der Waals surface area contributed by atoms with Gasteiger partial charge in [0.15, 0.2) is 12.2 Å². The molecule has 5 atom stereocenters. The van der Waals surface area contributed by atoms with Gasteiger partial charge in [0, 0.05) is 25.7 Å². The predicted octanol–water partition coefficient (Wildman–Crippen LogP) is 22.1. The highest BCUT2D eigenvalue weighted by molar-refractivity contribution is 7.47. The molecule has 0 heterocycles. The minimum Gasteiger partial charge on any atom is -0.462 e. The molecule has 0 aromatic carbocycles. The summed E-state index contributed by atoms with van der Waals surface area (Å²) in [7, 11) is -9.91. The van der Waals surface area contributed by atoms with E-state index in [-0.39, 0.29) is 25.7 Å². The van der Waals surface area contributed by atoms with Crippen LogP contribution in [0.1, 0.15) is 394 Å². The summed E-state index contributed by atoms with van der Waals surface area (Å²) in [5.41, 5.74) is 0. The molecule has 0 aliphatic carbocycles. The van der Waals surface area contributed by atoms with Gasteiger partial charge in [-0.2, -0.15) is 0 Å². The van der Waals surface area contributed by atoms with Crippen molar-refractivity contribution in [1.82, 2.24) is 0 Å². The van der Waals surface area contributed by atoms with Crippen LogP contribution in [0.25, 0.3) is 0 Å². The lowest BCUT2D eigenvalue weighted by atomic mass is 10.0. The van der Waals surface area contributed by atoms with Crippen molar-refractivity contribution in [3.05, 3.63) is 0 Å². The number of ether oxygens (including phenoxy) is 4. The van der Waals surface area contributed by atoms with Gasteiger partial charge in [0.2, 0.25) is 0 Å². The van der Waals surface area contributed by atoms with Gasteiger partial charge < -0.3 is 33.8 Å². The maximum absolute atomic E-state index is 13.1. The van der Waals surface area contributed by atoms with Gasteiger partial charge in [-0.15, -0.1) is 0 Å². The Morgan fingerprint density at radius 1 is 0.287 bits per heavy atom. The van der Waals surface area contributed by atoms with Crippen molar-refractivity contribution in [2.45, 2.75) is 412 Å². The predicted molar refractivity (Wildman–Crippen MR) is 382 cm³/mol. The third-order valence-corrected chi connectivity index (χ3v) is 19.4. The van der Waals surface area contributed by atoms with Crippen molar-refractivity contribution in [3.63, 3.8) is 0 Å².